The number of carbonyl (C=O) groups is 1. The van der Waals surface area contributed by atoms with Crippen LogP contribution in [0, 0.1) is 0 Å². The van der Waals surface area contributed by atoms with Crippen LogP contribution < -0.4 is 11.1 Å². The molecule has 64 valence electrons. The van der Waals surface area contributed by atoms with Gasteiger partial charge in [0.25, 0.3) is 0 Å². The number of methoxy groups -OCH3 is 1. The molecule has 3 N–H and O–H groups in total. The molecule has 1 fully saturated rings. The number of carbonyl (C=O) groups excluding carboxylic acids is 1. The summed E-state index contributed by atoms with van der Waals surface area (Å²) in [5.41, 5.74) is 5.12. The summed E-state index contributed by atoms with van der Waals surface area (Å²) in [6.07, 6.45) is 2.17. The number of nitrogens with one attached hydrogen (secondary N) is 1. The first-order valence-electron chi connectivity index (χ1n) is 3.78. The van der Waals surface area contributed by atoms with Crippen molar-refractivity contribution in [3.63, 3.8) is 0 Å². The van der Waals surface area contributed by atoms with E-state index in [1.54, 1.807) is 7.11 Å². The third kappa shape index (κ3) is 2.17. The zero-order valence-electron chi connectivity index (χ0n) is 6.67. The van der Waals surface area contributed by atoms with Crippen molar-refractivity contribution in [1.29, 1.82) is 0 Å². The smallest absolute Gasteiger partial charge is 0.233 e. The van der Waals surface area contributed by atoms with Crippen molar-refractivity contribution in [3.05, 3.63) is 0 Å². The van der Waals surface area contributed by atoms with Gasteiger partial charge in [-0.15, -0.1) is 0 Å². The summed E-state index contributed by atoms with van der Waals surface area (Å²) in [4.78, 5) is 10.7. The standard InChI is InChI=1S/C7H14N2O2/c1-11-6-2-5(3-6)9-7(10)4-8/h5-6H,2-4,8H2,1H3,(H,9,10). The zero-order chi connectivity index (χ0) is 8.27. The van der Waals surface area contributed by atoms with Gasteiger partial charge in [-0.1, -0.05) is 0 Å². The summed E-state index contributed by atoms with van der Waals surface area (Å²) in [7, 11) is 1.69. The molecule has 0 aliphatic heterocycles. The highest BCUT2D eigenvalue weighted by molar-refractivity contribution is 5.78. The maximum Gasteiger partial charge on any atom is 0.233 e. The van der Waals surface area contributed by atoms with Crippen LogP contribution in [0.3, 0.4) is 0 Å². The minimum absolute atomic E-state index is 0.0775. The molecule has 1 aliphatic carbocycles. The lowest BCUT2D eigenvalue weighted by Crippen LogP contribution is -2.49. The molecule has 0 aromatic carbocycles. The van der Waals surface area contributed by atoms with Crippen LogP contribution in [0.5, 0.6) is 0 Å². The fraction of sp³-hybridized carbons (Fsp3) is 0.857. The summed E-state index contributed by atoms with van der Waals surface area (Å²) in [5.74, 6) is -0.0791. The van der Waals surface area contributed by atoms with Gasteiger partial charge >= 0.3 is 0 Å². The van der Waals surface area contributed by atoms with Crippen molar-refractivity contribution in [2.45, 2.75) is 25.0 Å². The van der Waals surface area contributed by atoms with Crippen molar-refractivity contribution < 1.29 is 9.53 Å². The van der Waals surface area contributed by atoms with Crippen molar-refractivity contribution in [2.24, 2.45) is 5.73 Å². The second-order valence-corrected chi connectivity index (χ2v) is 2.80. The molecule has 0 aromatic heterocycles. The minimum Gasteiger partial charge on any atom is -0.381 e. The lowest BCUT2D eigenvalue weighted by atomic mass is 9.89. The topological polar surface area (TPSA) is 64.3 Å². The highest BCUT2D eigenvalue weighted by atomic mass is 16.5. The fourth-order valence-corrected chi connectivity index (χ4v) is 1.16. The molecule has 0 saturated heterocycles. The van der Waals surface area contributed by atoms with Crippen molar-refractivity contribution >= 4 is 5.91 Å². The molecule has 1 rings (SSSR count). The average molecular weight is 158 g/mol. The number of amides is 1. The van der Waals surface area contributed by atoms with Gasteiger partial charge in [-0.05, 0) is 12.8 Å². The van der Waals surface area contributed by atoms with Gasteiger partial charge in [0.15, 0.2) is 0 Å². The molecule has 0 unspecified atom stereocenters. The molecule has 4 nitrogen and oxygen atoms in total. The molecule has 0 aromatic rings. The van der Waals surface area contributed by atoms with Gasteiger partial charge in [0, 0.05) is 13.2 Å². The zero-order valence-corrected chi connectivity index (χ0v) is 6.67. The maximum atomic E-state index is 10.7. The number of rotatable bonds is 3. The van der Waals surface area contributed by atoms with E-state index in [0.717, 1.165) is 12.8 Å². The number of hydrogen-bond acceptors (Lipinski definition) is 3. The Balaban J connectivity index is 2.08. The lowest BCUT2D eigenvalue weighted by molar-refractivity contribution is -0.122. The molecular formula is C7H14N2O2. The highest BCUT2D eigenvalue weighted by Crippen LogP contribution is 2.21. The van der Waals surface area contributed by atoms with Crippen LogP contribution in [0.15, 0.2) is 0 Å². The van der Waals surface area contributed by atoms with E-state index in [4.69, 9.17) is 10.5 Å². The van der Waals surface area contributed by atoms with Gasteiger partial charge in [-0.25, -0.2) is 0 Å². The van der Waals surface area contributed by atoms with E-state index < -0.39 is 0 Å². The lowest BCUT2D eigenvalue weighted by Gasteiger charge is -2.34. The van der Waals surface area contributed by atoms with Crippen LogP contribution in [-0.4, -0.2) is 31.7 Å². The summed E-state index contributed by atoms with van der Waals surface area (Å²) >= 11 is 0. The van der Waals surface area contributed by atoms with Crippen molar-refractivity contribution in [2.75, 3.05) is 13.7 Å². The Morgan fingerprint density at radius 3 is 2.82 bits per heavy atom. The number of nitrogens with two attached hydrogens (primary N) is 1. The van der Waals surface area contributed by atoms with Gasteiger partial charge in [0.2, 0.25) is 5.91 Å². The molecule has 4 heteroatoms. The number of hydrogen-bond donors (Lipinski definition) is 2. The second kappa shape index (κ2) is 3.69. The normalized spacial score (nSPS) is 29.3. The van der Waals surface area contributed by atoms with E-state index in [9.17, 15) is 4.79 Å². The second-order valence-electron chi connectivity index (χ2n) is 2.80. The predicted molar refractivity (Wildman–Crippen MR) is 41.0 cm³/mol. The van der Waals surface area contributed by atoms with Crippen LogP contribution in [0.2, 0.25) is 0 Å². The van der Waals surface area contributed by atoms with Crippen LogP contribution in [0.25, 0.3) is 0 Å². The van der Waals surface area contributed by atoms with Crippen LogP contribution in [-0.2, 0) is 9.53 Å². The first-order chi connectivity index (χ1) is 5.26. The molecule has 0 heterocycles. The predicted octanol–water partition coefficient (Wildman–Crippen LogP) is -0.761. The molecule has 0 atom stereocenters. The van der Waals surface area contributed by atoms with E-state index in [1.165, 1.54) is 0 Å². The SMILES string of the molecule is COC1CC(NC(=O)CN)C1. The average Bonchev–Trinajstić information content (AvgIpc) is 1.95. The van der Waals surface area contributed by atoms with E-state index in [-0.39, 0.29) is 18.5 Å². The van der Waals surface area contributed by atoms with Gasteiger partial charge in [-0.2, -0.15) is 0 Å². The first kappa shape index (κ1) is 8.49. The molecule has 1 amide bonds. The van der Waals surface area contributed by atoms with Crippen LogP contribution >= 0.6 is 0 Å². The summed E-state index contributed by atoms with van der Waals surface area (Å²) < 4.78 is 5.05. The van der Waals surface area contributed by atoms with Gasteiger partial charge in [0.05, 0.1) is 12.6 Å². The first-order valence-corrected chi connectivity index (χ1v) is 3.78. The van der Waals surface area contributed by atoms with Gasteiger partial charge in [0.1, 0.15) is 0 Å². The van der Waals surface area contributed by atoms with Crippen molar-refractivity contribution in [3.8, 4) is 0 Å². The molecule has 1 aliphatic rings. The summed E-state index contributed by atoms with van der Waals surface area (Å²) in [6.45, 7) is 0.0775. The third-order valence-electron chi connectivity index (χ3n) is 1.98. The van der Waals surface area contributed by atoms with Gasteiger partial charge in [-0.3, -0.25) is 4.79 Å². The Bertz CT molecular complexity index is 143. The van der Waals surface area contributed by atoms with E-state index >= 15 is 0 Å². The Labute approximate surface area is 66.1 Å². The Hall–Kier alpha value is -0.610. The molecular weight excluding hydrogens is 144 g/mol. The van der Waals surface area contributed by atoms with Crippen LogP contribution in [0.4, 0.5) is 0 Å². The Kier molecular flexibility index (Phi) is 2.84. The Morgan fingerprint density at radius 2 is 2.36 bits per heavy atom. The van der Waals surface area contributed by atoms with E-state index in [1.807, 2.05) is 0 Å². The molecule has 0 radical (unpaired) electrons. The van der Waals surface area contributed by atoms with Crippen LogP contribution in [0.1, 0.15) is 12.8 Å². The Morgan fingerprint density at radius 1 is 1.73 bits per heavy atom. The number of ether oxygens (including phenoxy) is 1. The largest absolute Gasteiger partial charge is 0.381 e. The van der Waals surface area contributed by atoms with Crippen molar-refractivity contribution in [1.82, 2.24) is 5.32 Å². The molecule has 0 spiro atoms. The monoisotopic (exact) mass is 158 g/mol. The highest BCUT2D eigenvalue weighted by Gasteiger charge is 2.29. The maximum absolute atomic E-state index is 10.7. The third-order valence-corrected chi connectivity index (χ3v) is 1.98. The molecule has 11 heavy (non-hydrogen) atoms. The molecule has 0 bridgehead atoms. The minimum atomic E-state index is -0.0791. The summed E-state index contributed by atoms with van der Waals surface area (Å²) in [6, 6.07) is 0.288. The fourth-order valence-electron chi connectivity index (χ4n) is 1.16. The molecule has 1 saturated carbocycles. The van der Waals surface area contributed by atoms with E-state index in [2.05, 4.69) is 5.32 Å². The van der Waals surface area contributed by atoms with Gasteiger partial charge < -0.3 is 15.8 Å². The summed E-state index contributed by atoms with van der Waals surface area (Å²) in [5, 5.41) is 2.79. The van der Waals surface area contributed by atoms with E-state index in [0.29, 0.717) is 6.10 Å². The quantitative estimate of drug-likeness (QED) is 0.567.